The van der Waals surface area contributed by atoms with Gasteiger partial charge < -0.3 is 9.79 Å². The third-order valence-corrected chi connectivity index (χ3v) is 0. The van der Waals surface area contributed by atoms with E-state index in [0.29, 0.717) is 0 Å². The molecule has 0 radical (unpaired) electrons. The summed E-state index contributed by atoms with van der Waals surface area (Å²) >= 11 is 5.00. The molecule has 0 amide bonds. The van der Waals surface area contributed by atoms with Crippen molar-refractivity contribution in [3.63, 3.8) is 0 Å². The minimum atomic E-state index is -3.13. The summed E-state index contributed by atoms with van der Waals surface area (Å²) in [4.78, 5) is 14.3. The Labute approximate surface area is 72.2 Å². The van der Waals surface area contributed by atoms with Crippen molar-refractivity contribution < 1.29 is 14.4 Å². The van der Waals surface area contributed by atoms with E-state index < -0.39 is 8.25 Å². The van der Waals surface area contributed by atoms with E-state index in [1.165, 1.54) is 0 Å². The van der Waals surface area contributed by atoms with Crippen molar-refractivity contribution in [2.75, 3.05) is 5.88 Å². The predicted molar refractivity (Wildman–Crippen MR) is 44.3 cm³/mol. The summed E-state index contributed by atoms with van der Waals surface area (Å²) in [6.07, 6.45) is 0. The molecule has 0 aromatic rings. The number of hydrogen-bond donors (Lipinski definition) is 2. The van der Waals surface area contributed by atoms with Crippen molar-refractivity contribution in [2.24, 2.45) is 0 Å². The largest absolute Gasteiger partial charge is 0.326 e. The molecular weight excluding hydrogens is 209 g/mol. The summed E-state index contributed by atoms with van der Waals surface area (Å²) in [6, 6.07) is 0. The minimum absolute atomic E-state index is 0. The molecule has 9 heavy (non-hydrogen) atoms. The van der Waals surface area contributed by atoms with E-state index in [1.54, 1.807) is 0 Å². The van der Waals surface area contributed by atoms with Crippen LogP contribution in [0.3, 0.4) is 0 Å². The Kier molecular flexibility index (Phi) is 57.5. The fourth-order valence-electron chi connectivity index (χ4n) is 0. The highest BCUT2D eigenvalue weighted by atomic mass is 35.5. The molecule has 0 fully saturated rings. The molecule has 0 saturated heterocycles. The van der Waals surface area contributed by atoms with Gasteiger partial charge in [0.1, 0.15) is 0 Å². The first-order valence-electron chi connectivity index (χ1n) is 1.63. The Morgan fingerprint density at radius 1 is 1.44 bits per heavy atom. The van der Waals surface area contributed by atoms with Gasteiger partial charge in [0.25, 0.3) is 0 Å². The monoisotopic (exact) mass is 218 g/mol. The lowest BCUT2D eigenvalue weighted by Crippen LogP contribution is -1.38. The molecule has 0 aliphatic rings. The standard InChI is InChI=1S/C2H5Cl.2ClH.H3O3P/c1-2-3;;;1-4(2)3/h2H2,1H3;2*1H;4H,(H2,1,2,3). The lowest BCUT2D eigenvalue weighted by molar-refractivity contribution is 0.405. The lowest BCUT2D eigenvalue weighted by atomic mass is 11.0. The van der Waals surface area contributed by atoms with Gasteiger partial charge in [-0.1, -0.05) is 6.92 Å². The first-order chi connectivity index (χ1) is 3.15. The van der Waals surface area contributed by atoms with Gasteiger partial charge in [0, 0.05) is 5.88 Å². The molecule has 0 atom stereocenters. The molecular formula is C2H10Cl3O3P. The predicted octanol–water partition coefficient (Wildman–Crippen LogP) is 1.45. The van der Waals surface area contributed by atoms with Crippen LogP contribution in [0.15, 0.2) is 0 Å². The summed E-state index contributed by atoms with van der Waals surface area (Å²) in [7, 11) is -3.13. The second kappa shape index (κ2) is 23.0. The van der Waals surface area contributed by atoms with Gasteiger partial charge >= 0.3 is 8.25 Å². The second-order valence-electron chi connectivity index (χ2n) is 0.550. The van der Waals surface area contributed by atoms with Crippen molar-refractivity contribution >= 4 is 44.7 Å². The highest BCUT2D eigenvalue weighted by molar-refractivity contribution is 7.30. The molecule has 0 spiro atoms. The molecule has 0 heterocycles. The van der Waals surface area contributed by atoms with Crippen molar-refractivity contribution in [3.8, 4) is 0 Å². The third-order valence-electron chi connectivity index (χ3n) is 0. The van der Waals surface area contributed by atoms with Crippen molar-refractivity contribution in [1.29, 1.82) is 0 Å². The van der Waals surface area contributed by atoms with E-state index in [2.05, 4.69) is 0 Å². The number of alkyl halides is 1. The van der Waals surface area contributed by atoms with Gasteiger partial charge in [0.05, 0.1) is 0 Å². The van der Waals surface area contributed by atoms with Crippen LogP contribution in [0.1, 0.15) is 6.92 Å². The fraction of sp³-hybridized carbons (Fsp3) is 1.00. The topological polar surface area (TPSA) is 57.5 Å². The van der Waals surface area contributed by atoms with Crippen LogP contribution in [0.4, 0.5) is 0 Å². The SMILES string of the molecule is CCCl.Cl.Cl.O=[PH](O)O. The average Bonchev–Trinajstić information content (AvgIpc) is 1.33. The number of hydrogen-bond acceptors (Lipinski definition) is 1. The van der Waals surface area contributed by atoms with Crippen LogP contribution >= 0.6 is 44.7 Å². The molecule has 0 aromatic heterocycles. The molecule has 0 aliphatic carbocycles. The van der Waals surface area contributed by atoms with Crippen molar-refractivity contribution in [2.45, 2.75) is 6.92 Å². The zero-order valence-corrected chi connectivity index (χ0v) is 8.09. The minimum Gasteiger partial charge on any atom is -0.326 e. The molecule has 3 nitrogen and oxygen atoms in total. The lowest BCUT2D eigenvalue weighted by Gasteiger charge is -1.61. The Bertz CT molecular complexity index is 48.3. The van der Waals surface area contributed by atoms with Crippen molar-refractivity contribution in [1.82, 2.24) is 0 Å². The normalized spacial score (nSPS) is 5.89. The molecule has 0 bridgehead atoms. The molecule has 0 aromatic carbocycles. The molecule has 2 N–H and O–H groups in total. The Hall–Kier alpha value is 1.02. The Morgan fingerprint density at radius 2 is 1.44 bits per heavy atom. The maximum absolute atomic E-state index is 8.74. The summed E-state index contributed by atoms with van der Waals surface area (Å²) in [5, 5.41) is 0. The van der Waals surface area contributed by atoms with Crippen LogP contribution in [-0.4, -0.2) is 15.7 Å². The summed E-state index contributed by atoms with van der Waals surface area (Å²) < 4.78 is 8.74. The quantitative estimate of drug-likeness (QED) is 0.479. The van der Waals surface area contributed by atoms with Gasteiger partial charge in [-0.05, 0) is 0 Å². The van der Waals surface area contributed by atoms with Gasteiger partial charge in [0.15, 0.2) is 0 Å². The highest BCUT2D eigenvalue weighted by Crippen LogP contribution is 1.98. The number of rotatable bonds is 0. The maximum Gasteiger partial charge on any atom is 0.314 e. The van der Waals surface area contributed by atoms with Gasteiger partial charge in [-0.25, -0.2) is 0 Å². The van der Waals surface area contributed by atoms with E-state index in [-0.39, 0.29) is 24.8 Å². The fourth-order valence-corrected chi connectivity index (χ4v) is 0. The zero-order chi connectivity index (χ0) is 6.28. The Morgan fingerprint density at radius 3 is 1.44 bits per heavy atom. The second-order valence-corrected chi connectivity index (χ2v) is 1.65. The van der Waals surface area contributed by atoms with Gasteiger partial charge in [-0.15, -0.1) is 36.4 Å². The van der Waals surface area contributed by atoms with Crippen LogP contribution in [0.5, 0.6) is 0 Å². The smallest absolute Gasteiger partial charge is 0.314 e. The molecule has 0 saturated carbocycles. The van der Waals surface area contributed by atoms with Gasteiger partial charge in [-0.2, -0.15) is 0 Å². The first kappa shape index (κ1) is 22.5. The highest BCUT2D eigenvalue weighted by Gasteiger charge is 1.61. The van der Waals surface area contributed by atoms with Crippen LogP contribution in [0, 0.1) is 0 Å². The van der Waals surface area contributed by atoms with Crippen molar-refractivity contribution in [3.05, 3.63) is 0 Å². The van der Waals surface area contributed by atoms with E-state index in [1.807, 2.05) is 6.92 Å². The molecule has 7 heteroatoms. The molecule has 0 rings (SSSR count). The van der Waals surface area contributed by atoms with E-state index in [0.717, 1.165) is 5.88 Å². The maximum atomic E-state index is 8.74. The van der Waals surface area contributed by atoms with E-state index in [4.69, 9.17) is 26.0 Å². The van der Waals surface area contributed by atoms with Gasteiger partial charge in [0.2, 0.25) is 0 Å². The first-order valence-corrected chi connectivity index (χ1v) is 3.46. The third kappa shape index (κ3) is 427. The molecule has 0 unspecified atom stereocenters. The average molecular weight is 219 g/mol. The Balaban J connectivity index is -0.0000000233. The summed E-state index contributed by atoms with van der Waals surface area (Å²) in [6.45, 7) is 1.89. The summed E-state index contributed by atoms with van der Waals surface area (Å²) in [5.74, 6) is 0.722. The van der Waals surface area contributed by atoms with Crippen LogP contribution < -0.4 is 0 Å². The van der Waals surface area contributed by atoms with Gasteiger partial charge in [-0.3, -0.25) is 4.57 Å². The van der Waals surface area contributed by atoms with Crippen LogP contribution in [0.2, 0.25) is 0 Å². The number of halogens is 3. The molecule has 0 aliphatic heterocycles. The van der Waals surface area contributed by atoms with E-state index in [9.17, 15) is 0 Å². The van der Waals surface area contributed by atoms with Crippen LogP contribution in [0.25, 0.3) is 0 Å². The van der Waals surface area contributed by atoms with E-state index >= 15 is 0 Å². The molecule has 62 valence electrons. The zero-order valence-electron chi connectivity index (χ0n) is 4.70. The summed E-state index contributed by atoms with van der Waals surface area (Å²) in [5.41, 5.74) is 0. The van der Waals surface area contributed by atoms with Crippen LogP contribution in [-0.2, 0) is 4.57 Å².